The predicted octanol–water partition coefficient (Wildman–Crippen LogP) is 4.13. The number of rotatable bonds is 7. The van der Waals surface area contributed by atoms with Crippen LogP contribution >= 0.6 is 27.3 Å². The monoisotopic (exact) mass is 440 g/mol. The first-order valence-corrected chi connectivity index (χ1v) is 10.2. The molecule has 1 aromatic carbocycles. The highest BCUT2D eigenvalue weighted by Gasteiger charge is 2.13. The minimum absolute atomic E-state index is 0.679. The SMILES string of the molecule is Brc1cnc(N(CCc2cscn2)Cc2cnn(-c3ccccc3)c2)nc1. The first kappa shape index (κ1) is 17.8. The van der Waals surface area contributed by atoms with Gasteiger partial charge in [-0.05, 0) is 28.1 Å². The topological polar surface area (TPSA) is 59.7 Å². The number of para-hydroxylation sites is 1. The number of hydrogen-bond donors (Lipinski definition) is 0. The Balaban J connectivity index is 1.53. The number of halogens is 1. The van der Waals surface area contributed by atoms with Crippen LogP contribution in [0.5, 0.6) is 0 Å². The lowest BCUT2D eigenvalue weighted by Crippen LogP contribution is -2.27. The molecule has 4 aromatic rings. The molecule has 3 heterocycles. The highest BCUT2D eigenvalue weighted by Crippen LogP contribution is 2.16. The molecule has 6 nitrogen and oxygen atoms in total. The summed E-state index contributed by atoms with van der Waals surface area (Å²) in [6.07, 6.45) is 8.32. The van der Waals surface area contributed by atoms with E-state index in [4.69, 9.17) is 0 Å². The Hall–Kier alpha value is -2.58. The van der Waals surface area contributed by atoms with E-state index in [1.807, 2.05) is 52.9 Å². The average Bonchev–Trinajstić information content (AvgIpc) is 3.39. The van der Waals surface area contributed by atoms with Gasteiger partial charge in [0.05, 0.1) is 27.6 Å². The van der Waals surface area contributed by atoms with Crippen molar-refractivity contribution < 1.29 is 0 Å². The molecule has 0 saturated heterocycles. The van der Waals surface area contributed by atoms with E-state index in [-0.39, 0.29) is 0 Å². The molecular weight excluding hydrogens is 424 g/mol. The molecule has 0 radical (unpaired) electrons. The van der Waals surface area contributed by atoms with Crippen molar-refractivity contribution in [2.75, 3.05) is 11.4 Å². The van der Waals surface area contributed by atoms with Crippen LogP contribution in [0, 0.1) is 0 Å². The summed E-state index contributed by atoms with van der Waals surface area (Å²) in [5.41, 5.74) is 5.09. The van der Waals surface area contributed by atoms with Crippen molar-refractivity contribution in [2.24, 2.45) is 0 Å². The van der Waals surface area contributed by atoms with Gasteiger partial charge in [-0.2, -0.15) is 5.10 Å². The summed E-state index contributed by atoms with van der Waals surface area (Å²) in [5.74, 6) is 0.695. The van der Waals surface area contributed by atoms with E-state index in [9.17, 15) is 0 Å². The Labute approximate surface area is 169 Å². The van der Waals surface area contributed by atoms with Gasteiger partial charge in [0.2, 0.25) is 5.95 Å². The van der Waals surface area contributed by atoms with E-state index >= 15 is 0 Å². The van der Waals surface area contributed by atoms with Crippen LogP contribution in [0.1, 0.15) is 11.3 Å². The Morgan fingerprint density at radius 3 is 2.59 bits per heavy atom. The van der Waals surface area contributed by atoms with Gasteiger partial charge in [0.1, 0.15) is 0 Å². The Morgan fingerprint density at radius 2 is 1.85 bits per heavy atom. The minimum Gasteiger partial charge on any atom is -0.336 e. The van der Waals surface area contributed by atoms with E-state index in [0.29, 0.717) is 12.5 Å². The lowest BCUT2D eigenvalue weighted by atomic mass is 10.2. The van der Waals surface area contributed by atoms with Crippen molar-refractivity contribution in [1.82, 2.24) is 24.7 Å². The third kappa shape index (κ3) is 4.58. The Morgan fingerprint density at radius 1 is 1.04 bits per heavy atom. The molecule has 0 atom stereocenters. The number of aromatic nitrogens is 5. The molecule has 0 fully saturated rings. The molecule has 0 amide bonds. The largest absolute Gasteiger partial charge is 0.336 e. The van der Waals surface area contributed by atoms with Crippen LogP contribution < -0.4 is 4.90 Å². The third-order valence-electron chi connectivity index (χ3n) is 4.04. The van der Waals surface area contributed by atoms with Gasteiger partial charge in [-0.15, -0.1) is 11.3 Å². The zero-order valence-electron chi connectivity index (χ0n) is 14.4. The van der Waals surface area contributed by atoms with Crippen molar-refractivity contribution in [3.05, 3.63) is 81.7 Å². The first-order valence-electron chi connectivity index (χ1n) is 8.46. The maximum absolute atomic E-state index is 4.49. The van der Waals surface area contributed by atoms with Crippen molar-refractivity contribution >= 4 is 33.2 Å². The summed E-state index contributed by atoms with van der Waals surface area (Å²) in [6.45, 7) is 1.46. The van der Waals surface area contributed by atoms with Gasteiger partial charge in [0, 0.05) is 49.0 Å². The molecule has 0 aliphatic heterocycles. The Bertz CT molecular complexity index is 969. The van der Waals surface area contributed by atoms with Crippen molar-refractivity contribution in [3.8, 4) is 5.69 Å². The molecule has 3 aromatic heterocycles. The molecule has 0 saturated carbocycles. The standard InChI is InChI=1S/C19H17BrN6S/c20-16-9-21-19(22-10-16)25(7-6-17-13-27-14-23-17)11-15-8-24-26(12-15)18-4-2-1-3-5-18/h1-5,8-10,12-14H,6-7,11H2. The van der Waals surface area contributed by atoms with Gasteiger partial charge >= 0.3 is 0 Å². The zero-order chi connectivity index (χ0) is 18.5. The lowest BCUT2D eigenvalue weighted by Gasteiger charge is -2.21. The molecular formula is C19H17BrN6S. The van der Waals surface area contributed by atoms with Crippen LogP contribution in [0.25, 0.3) is 5.69 Å². The van der Waals surface area contributed by atoms with Crippen LogP contribution in [0.2, 0.25) is 0 Å². The molecule has 0 bridgehead atoms. The molecule has 8 heteroatoms. The highest BCUT2D eigenvalue weighted by atomic mass is 79.9. The molecule has 0 N–H and O–H groups in total. The Kier molecular flexibility index (Phi) is 5.55. The van der Waals surface area contributed by atoms with E-state index in [1.165, 1.54) is 0 Å². The summed E-state index contributed by atoms with van der Waals surface area (Å²) < 4.78 is 2.75. The summed E-state index contributed by atoms with van der Waals surface area (Å²) in [4.78, 5) is 15.5. The molecule has 136 valence electrons. The second-order valence-corrected chi connectivity index (χ2v) is 7.62. The molecule has 0 aliphatic rings. The second kappa shape index (κ2) is 8.41. The molecule has 4 rings (SSSR count). The second-order valence-electron chi connectivity index (χ2n) is 5.98. The number of hydrogen-bond acceptors (Lipinski definition) is 6. The number of nitrogens with zero attached hydrogens (tertiary/aromatic N) is 6. The summed E-state index contributed by atoms with van der Waals surface area (Å²) >= 11 is 5.01. The minimum atomic E-state index is 0.679. The van der Waals surface area contributed by atoms with Crippen LogP contribution in [-0.4, -0.2) is 31.3 Å². The van der Waals surface area contributed by atoms with Gasteiger partial charge < -0.3 is 4.90 Å². The maximum atomic E-state index is 4.49. The van der Waals surface area contributed by atoms with E-state index in [1.54, 1.807) is 23.7 Å². The molecule has 0 unspecified atom stereocenters. The van der Waals surface area contributed by atoms with Gasteiger partial charge in [0.15, 0.2) is 0 Å². The fourth-order valence-electron chi connectivity index (χ4n) is 2.71. The van der Waals surface area contributed by atoms with Crippen molar-refractivity contribution in [3.63, 3.8) is 0 Å². The first-order chi connectivity index (χ1) is 13.3. The quantitative estimate of drug-likeness (QED) is 0.432. The number of benzene rings is 1. The smallest absolute Gasteiger partial charge is 0.225 e. The molecule has 27 heavy (non-hydrogen) atoms. The van der Waals surface area contributed by atoms with E-state index in [2.05, 4.69) is 46.3 Å². The lowest BCUT2D eigenvalue weighted by molar-refractivity contribution is 0.744. The predicted molar refractivity (Wildman–Crippen MR) is 110 cm³/mol. The summed E-state index contributed by atoms with van der Waals surface area (Å²) in [6, 6.07) is 10.1. The van der Waals surface area contributed by atoms with Crippen LogP contribution in [0.4, 0.5) is 5.95 Å². The number of thiazole rings is 1. The van der Waals surface area contributed by atoms with Gasteiger partial charge in [-0.1, -0.05) is 18.2 Å². The van der Waals surface area contributed by atoms with E-state index in [0.717, 1.165) is 34.4 Å². The summed E-state index contributed by atoms with van der Waals surface area (Å²) in [5, 5.41) is 6.57. The fourth-order valence-corrected chi connectivity index (χ4v) is 3.51. The normalized spacial score (nSPS) is 10.9. The zero-order valence-corrected chi connectivity index (χ0v) is 16.8. The molecule has 0 aliphatic carbocycles. The molecule has 0 spiro atoms. The van der Waals surface area contributed by atoms with E-state index < -0.39 is 0 Å². The fraction of sp³-hybridized carbons (Fsp3) is 0.158. The van der Waals surface area contributed by atoms with Crippen molar-refractivity contribution in [2.45, 2.75) is 13.0 Å². The van der Waals surface area contributed by atoms with Gasteiger partial charge in [-0.3, -0.25) is 0 Å². The average molecular weight is 441 g/mol. The number of anilines is 1. The maximum Gasteiger partial charge on any atom is 0.225 e. The van der Waals surface area contributed by atoms with Gasteiger partial charge in [0.25, 0.3) is 0 Å². The van der Waals surface area contributed by atoms with Crippen LogP contribution in [0.15, 0.2) is 70.5 Å². The highest BCUT2D eigenvalue weighted by molar-refractivity contribution is 9.10. The summed E-state index contributed by atoms with van der Waals surface area (Å²) in [7, 11) is 0. The van der Waals surface area contributed by atoms with Crippen LogP contribution in [0.3, 0.4) is 0 Å². The third-order valence-corrected chi connectivity index (χ3v) is 5.09. The van der Waals surface area contributed by atoms with Crippen molar-refractivity contribution in [1.29, 1.82) is 0 Å². The van der Waals surface area contributed by atoms with Gasteiger partial charge in [-0.25, -0.2) is 19.6 Å². The van der Waals surface area contributed by atoms with Crippen LogP contribution in [-0.2, 0) is 13.0 Å².